The molecule has 2 nitrogen and oxygen atoms in total. The lowest BCUT2D eigenvalue weighted by Gasteiger charge is -2.11. The van der Waals surface area contributed by atoms with Crippen molar-refractivity contribution in [3.63, 3.8) is 0 Å². The second-order valence-electron chi connectivity index (χ2n) is 3.63. The number of anilines is 2. The van der Waals surface area contributed by atoms with E-state index < -0.39 is 5.82 Å². The van der Waals surface area contributed by atoms with Crippen LogP contribution in [-0.2, 0) is 0 Å². The van der Waals surface area contributed by atoms with E-state index in [9.17, 15) is 4.39 Å². The van der Waals surface area contributed by atoms with Crippen molar-refractivity contribution >= 4 is 23.0 Å². The largest absolute Gasteiger partial charge is 0.397 e. The highest BCUT2D eigenvalue weighted by atomic mass is 35.5. The molecule has 0 heterocycles. The molecule has 78 valence electrons. The molecule has 1 aromatic rings. The first-order valence-electron chi connectivity index (χ1n) is 4.49. The fourth-order valence-corrected chi connectivity index (χ4v) is 1.19. The van der Waals surface area contributed by atoms with Crippen LogP contribution in [0.25, 0.3) is 0 Å². The number of nitrogens with one attached hydrogen (secondary N) is 1. The van der Waals surface area contributed by atoms with E-state index in [2.05, 4.69) is 19.2 Å². The van der Waals surface area contributed by atoms with Crippen LogP contribution in [0.1, 0.15) is 13.8 Å². The lowest BCUT2D eigenvalue weighted by Crippen LogP contribution is -2.09. The van der Waals surface area contributed by atoms with E-state index in [4.69, 9.17) is 17.3 Å². The van der Waals surface area contributed by atoms with Crippen molar-refractivity contribution < 1.29 is 4.39 Å². The third kappa shape index (κ3) is 2.77. The maximum Gasteiger partial charge on any atom is 0.143 e. The SMILES string of the molecule is CC(C)CNc1cc(Cl)c(F)cc1N. The summed E-state index contributed by atoms with van der Waals surface area (Å²) < 4.78 is 12.9. The number of halogens is 2. The number of hydrogen-bond acceptors (Lipinski definition) is 2. The molecule has 3 N–H and O–H groups in total. The molecular formula is C10H14ClFN2. The average Bonchev–Trinajstić information content (AvgIpc) is 2.09. The minimum absolute atomic E-state index is 0.0884. The molecule has 0 spiro atoms. The zero-order chi connectivity index (χ0) is 10.7. The third-order valence-corrected chi connectivity index (χ3v) is 2.08. The minimum Gasteiger partial charge on any atom is -0.397 e. The van der Waals surface area contributed by atoms with Crippen LogP contribution in [0.3, 0.4) is 0 Å². The van der Waals surface area contributed by atoms with Gasteiger partial charge >= 0.3 is 0 Å². The van der Waals surface area contributed by atoms with Crippen LogP contribution in [-0.4, -0.2) is 6.54 Å². The van der Waals surface area contributed by atoms with Gasteiger partial charge in [-0.2, -0.15) is 0 Å². The summed E-state index contributed by atoms with van der Waals surface area (Å²) >= 11 is 5.63. The van der Waals surface area contributed by atoms with E-state index in [1.807, 2.05) is 0 Å². The average molecular weight is 217 g/mol. The van der Waals surface area contributed by atoms with Gasteiger partial charge in [0.15, 0.2) is 0 Å². The van der Waals surface area contributed by atoms with Crippen molar-refractivity contribution in [2.24, 2.45) is 5.92 Å². The Kier molecular flexibility index (Phi) is 3.58. The lowest BCUT2D eigenvalue weighted by molar-refractivity contribution is 0.629. The molecule has 14 heavy (non-hydrogen) atoms. The molecule has 4 heteroatoms. The summed E-state index contributed by atoms with van der Waals surface area (Å²) in [6, 6.07) is 2.74. The molecule has 0 aliphatic rings. The summed E-state index contributed by atoms with van der Waals surface area (Å²) in [6.07, 6.45) is 0. The second-order valence-corrected chi connectivity index (χ2v) is 4.04. The van der Waals surface area contributed by atoms with E-state index in [0.717, 1.165) is 6.54 Å². The van der Waals surface area contributed by atoms with Crippen molar-refractivity contribution in [2.75, 3.05) is 17.6 Å². The van der Waals surface area contributed by atoms with Crippen molar-refractivity contribution in [3.05, 3.63) is 23.0 Å². The molecule has 0 atom stereocenters. The molecule has 1 rings (SSSR count). The van der Waals surface area contributed by atoms with Crippen LogP contribution >= 0.6 is 11.6 Å². The molecule has 0 saturated heterocycles. The summed E-state index contributed by atoms with van der Waals surface area (Å²) in [5, 5.41) is 3.19. The van der Waals surface area contributed by atoms with Crippen LogP contribution in [0, 0.1) is 11.7 Å². The minimum atomic E-state index is -0.487. The van der Waals surface area contributed by atoms with Gasteiger partial charge in [-0.1, -0.05) is 25.4 Å². The Bertz CT molecular complexity index is 326. The van der Waals surface area contributed by atoms with E-state index in [0.29, 0.717) is 17.3 Å². The van der Waals surface area contributed by atoms with Crippen LogP contribution in [0.15, 0.2) is 12.1 Å². The predicted molar refractivity (Wildman–Crippen MR) is 59.2 cm³/mol. The zero-order valence-electron chi connectivity index (χ0n) is 8.27. The van der Waals surface area contributed by atoms with Gasteiger partial charge in [0.25, 0.3) is 0 Å². The van der Waals surface area contributed by atoms with Crippen LogP contribution < -0.4 is 11.1 Å². The first-order chi connectivity index (χ1) is 6.50. The summed E-state index contributed by atoms with van der Waals surface area (Å²) in [4.78, 5) is 0. The topological polar surface area (TPSA) is 38.0 Å². The molecular weight excluding hydrogens is 203 g/mol. The van der Waals surface area contributed by atoms with Crippen molar-refractivity contribution in [1.29, 1.82) is 0 Å². The summed E-state index contributed by atoms with van der Waals surface area (Å²) in [6.45, 7) is 4.94. The van der Waals surface area contributed by atoms with Crippen molar-refractivity contribution in [1.82, 2.24) is 0 Å². The molecule has 0 unspecified atom stereocenters. The Labute approximate surface area is 88.2 Å². The number of nitrogens with two attached hydrogens (primary N) is 1. The van der Waals surface area contributed by atoms with Crippen LogP contribution in [0.2, 0.25) is 5.02 Å². The Morgan fingerprint density at radius 3 is 2.71 bits per heavy atom. The molecule has 0 aromatic heterocycles. The molecule has 0 aliphatic heterocycles. The summed E-state index contributed by atoms with van der Waals surface area (Å²) in [5.41, 5.74) is 6.68. The molecule has 0 saturated carbocycles. The van der Waals surface area contributed by atoms with Gasteiger partial charge in [0.2, 0.25) is 0 Å². The zero-order valence-corrected chi connectivity index (χ0v) is 9.03. The predicted octanol–water partition coefficient (Wildman–Crippen LogP) is 3.13. The molecule has 0 aliphatic carbocycles. The Balaban J connectivity index is 2.82. The maximum atomic E-state index is 12.9. The lowest BCUT2D eigenvalue weighted by atomic mass is 10.2. The standard InChI is InChI=1S/C10H14ClFN2/c1-6(2)5-14-10-3-7(11)8(12)4-9(10)13/h3-4,6,14H,5,13H2,1-2H3. The normalized spacial score (nSPS) is 10.6. The van der Waals surface area contributed by atoms with Gasteiger partial charge in [0.05, 0.1) is 16.4 Å². The van der Waals surface area contributed by atoms with Gasteiger partial charge in [0, 0.05) is 12.6 Å². The van der Waals surface area contributed by atoms with Crippen LogP contribution in [0.5, 0.6) is 0 Å². The van der Waals surface area contributed by atoms with Gasteiger partial charge in [-0.3, -0.25) is 0 Å². The highest BCUT2D eigenvalue weighted by Gasteiger charge is 2.05. The second kappa shape index (κ2) is 4.51. The quantitative estimate of drug-likeness (QED) is 0.762. The Hall–Kier alpha value is -0.960. The first kappa shape index (κ1) is 11.1. The highest BCUT2D eigenvalue weighted by molar-refractivity contribution is 6.31. The summed E-state index contributed by atoms with van der Waals surface area (Å²) in [5.74, 6) is 0.0116. The molecule has 0 bridgehead atoms. The molecule has 0 fully saturated rings. The van der Waals surface area contributed by atoms with Gasteiger partial charge < -0.3 is 11.1 Å². The highest BCUT2D eigenvalue weighted by Crippen LogP contribution is 2.26. The number of nitrogen functional groups attached to an aromatic ring is 1. The van der Waals surface area contributed by atoms with Crippen LogP contribution in [0.4, 0.5) is 15.8 Å². The smallest absolute Gasteiger partial charge is 0.143 e. The van der Waals surface area contributed by atoms with Gasteiger partial charge in [0.1, 0.15) is 5.82 Å². The molecule has 0 amide bonds. The molecule has 0 radical (unpaired) electrons. The monoisotopic (exact) mass is 216 g/mol. The van der Waals surface area contributed by atoms with Gasteiger partial charge in [-0.25, -0.2) is 4.39 Å². The van der Waals surface area contributed by atoms with Crippen molar-refractivity contribution in [3.8, 4) is 0 Å². The van der Waals surface area contributed by atoms with Gasteiger partial charge in [-0.05, 0) is 12.0 Å². The van der Waals surface area contributed by atoms with E-state index in [1.165, 1.54) is 12.1 Å². The van der Waals surface area contributed by atoms with Crippen molar-refractivity contribution in [2.45, 2.75) is 13.8 Å². The fourth-order valence-electron chi connectivity index (χ4n) is 1.03. The van der Waals surface area contributed by atoms with E-state index in [-0.39, 0.29) is 5.02 Å². The summed E-state index contributed by atoms with van der Waals surface area (Å²) in [7, 11) is 0. The number of benzene rings is 1. The van der Waals surface area contributed by atoms with E-state index >= 15 is 0 Å². The Morgan fingerprint density at radius 1 is 1.50 bits per heavy atom. The Morgan fingerprint density at radius 2 is 2.14 bits per heavy atom. The fraction of sp³-hybridized carbons (Fsp3) is 0.400. The maximum absolute atomic E-state index is 12.9. The van der Waals surface area contributed by atoms with Gasteiger partial charge in [-0.15, -0.1) is 0 Å². The number of rotatable bonds is 3. The molecule has 1 aromatic carbocycles. The first-order valence-corrected chi connectivity index (χ1v) is 4.87. The number of hydrogen-bond donors (Lipinski definition) is 2. The van der Waals surface area contributed by atoms with E-state index in [1.54, 1.807) is 0 Å². The third-order valence-electron chi connectivity index (χ3n) is 1.79.